The molecule has 0 saturated carbocycles. The van der Waals surface area contributed by atoms with Gasteiger partial charge in [-0.1, -0.05) is 18.2 Å². The lowest BCUT2D eigenvalue weighted by molar-refractivity contribution is 0.0611. The van der Waals surface area contributed by atoms with Gasteiger partial charge in [-0.05, 0) is 48.7 Å². The fraction of sp³-hybridized carbons (Fsp3) is 0.360. The Morgan fingerprint density at radius 2 is 1.79 bits per heavy atom. The number of fused-ring (bicyclic) bond motifs is 1. The van der Waals surface area contributed by atoms with Gasteiger partial charge in [0.1, 0.15) is 4.90 Å². The van der Waals surface area contributed by atoms with E-state index in [4.69, 9.17) is 4.74 Å². The summed E-state index contributed by atoms with van der Waals surface area (Å²) < 4.78 is 34.1. The number of hydrogen-bond donors (Lipinski definition) is 1. The van der Waals surface area contributed by atoms with Gasteiger partial charge in [0.2, 0.25) is 0 Å². The molecule has 0 aliphatic carbocycles. The average Bonchev–Trinajstić information content (AvgIpc) is 3.37. The number of carbonyl (C=O) groups excluding carboxylic acids is 1. The van der Waals surface area contributed by atoms with Crippen LogP contribution < -0.4 is 4.72 Å². The van der Waals surface area contributed by atoms with E-state index in [0.29, 0.717) is 35.8 Å². The molecule has 2 aliphatic heterocycles. The second kappa shape index (κ2) is 9.69. The van der Waals surface area contributed by atoms with Crippen LogP contribution in [-0.2, 0) is 14.8 Å². The molecule has 34 heavy (non-hydrogen) atoms. The van der Waals surface area contributed by atoms with Crippen LogP contribution in [0.5, 0.6) is 0 Å². The molecule has 3 heterocycles. The summed E-state index contributed by atoms with van der Waals surface area (Å²) in [6.07, 6.45) is 2.69. The first-order valence-electron chi connectivity index (χ1n) is 11.6. The van der Waals surface area contributed by atoms with Crippen LogP contribution in [0.25, 0.3) is 10.9 Å². The summed E-state index contributed by atoms with van der Waals surface area (Å²) >= 11 is 0. The maximum absolute atomic E-state index is 13.0. The van der Waals surface area contributed by atoms with Crippen molar-refractivity contribution in [3.05, 3.63) is 66.4 Å². The topological polar surface area (TPSA) is 91.8 Å². The number of nitrogens with zero attached hydrogens (tertiary/aromatic N) is 3. The molecule has 3 aromatic rings. The molecule has 2 aromatic carbocycles. The smallest absolute Gasteiger partial charge is 0.264 e. The second-order valence-corrected chi connectivity index (χ2v) is 10.5. The Hall–Kier alpha value is -3.01. The molecular weight excluding hydrogens is 452 g/mol. The molecule has 0 spiro atoms. The quantitative estimate of drug-likeness (QED) is 0.583. The van der Waals surface area contributed by atoms with Crippen molar-refractivity contribution in [1.29, 1.82) is 0 Å². The number of hydrogen-bond acceptors (Lipinski definition) is 6. The van der Waals surface area contributed by atoms with E-state index in [1.807, 2.05) is 17.0 Å². The monoisotopic (exact) mass is 480 g/mol. The molecule has 9 heteroatoms. The number of pyridine rings is 1. The predicted molar refractivity (Wildman–Crippen MR) is 130 cm³/mol. The molecule has 2 fully saturated rings. The molecule has 1 atom stereocenters. The number of para-hydroxylation sites is 1. The van der Waals surface area contributed by atoms with Gasteiger partial charge in [0.15, 0.2) is 0 Å². The Bertz CT molecular complexity index is 1260. The van der Waals surface area contributed by atoms with Crippen molar-refractivity contribution in [3.63, 3.8) is 0 Å². The van der Waals surface area contributed by atoms with Crippen LogP contribution in [0.2, 0.25) is 0 Å². The lowest BCUT2D eigenvalue weighted by Gasteiger charge is -2.35. The van der Waals surface area contributed by atoms with Crippen LogP contribution in [-0.4, -0.2) is 75.0 Å². The summed E-state index contributed by atoms with van der Waals surface area (Å²) in [4.78, 5) is 21.6. The van der Waals surface area contributed by atoms with Crippen molar-refractivity contribution in [1.82, 2.24) is 14.8 Å². The van der Waals surface area contributed by atoms with Crippen molar-refractivity contribution in [3.8, 4) is 0 Å². The summed E-state index contributed by atoms with van der Waals surface area (Å²) in [5.74, 6) is 0.569. The van der Waals surface area contributed by atoms with Gasteiger partial charge in [0, 0.05) is 62.2 Å². The lowest BCUT2D eigenvalue weighted by Crippen LogP contribution is -2.49. The van der Waals surface area contributed by atoms with Gasteiger partial charge in [-0.15, -0.1) is 0 Å². The van der Waals surface area contributed by atoms with Gasteiger partial charge in [0.25, 0.3) is 15.9 Å². The van der Waals surface area contributed by atoms with Crippen LogP contribution in [0.1, 0.15) is 16.8 Å². The SMILES string of the molecule is O=C(c1ccc(NS(=O)(=O)c2cccc3cccnc23)cc1)N1CCN(C[C@H]2CCOC2)CC1. The largest absolute Gasteiger partial charge is 0.381 e. The van der Waals surface area contributed by atoms with E-state index in [-0.39, 0.29) is 10.8 Å². The van der Waals surface area contributed by atoms with Crippen molar-refractivity contribution >= 4 is 32.5 Å². The first kappa shape index (κ1) is 22.8. The highest BCUT2D eigenvalue weighted by molar-refractivity contribution is 7.93. The van der Waals surface area contributed by atoms with Crippen LogP contribution >= 0.6 is 0 Å². The van der Waals surface area contributed by atoms with Gasteiger partial charge in [-0.3, -0.25) is 19.4 Å². The van der Waals surface area contributed by atoms with Crippen LogP contribution in [0.3, 0.4) is 0 Å². The number of benzene rings is 2. The Labute approximate surface area is 199 Å². The molecule has 0 radical (unpaired) electrons. The number of ether oxygens (including phenoxy) is 1. The third-order valence-corrected chi connectivity index (χ3v) is 7.88. The minimum atomic E-state index is -3.83. The maximum Gasteiger partial charge on any atom is 0.264 e. The number of piperazine rings is 1. The van der Waals surface area contributed by atoms with E-state index in [1.165, 1.54) is 6.07 Å². The first-order valence-corrected chi connectivity index (χ1v) is 13.0. The van der Waals surface area contributed by atoms with E-state index in [2.05, 4.69) is 14.6 Å². The number of anilines is 1. The minimum absolute atomic E-state index is 0.0310. The standard InChI is InChI=1S/C25H28N4O4S/c30-25(29-14-12-28(13-15-29)17-19-10-16-33-18-19)21-6-8-22(9-7-21)27-34(31,32)23-5-1-3-20-4-2-11-26-24(20)23/h1-9,11,19,27H,10,12-18H2/t19-/m1/s1. The molecule has 1 aromatic heterocycles. The van der Waals surface area contributed by atoms with E-state index in [9.17, 15) is 13.2 Å². The maximum atomic E-state index is 13.0. The molecule has 8 nitrogen and oxygen atoms in total. The fourth-order valence-corrected chi connectivity index (χ4v) is 5.83. The number of sulfonamides is 1. The summed E-state index contributed by atoms with van der Waals surface area (Å²) in [5, 5.41) is 0.753. The lowest BCUT2D eigenvalue weighted by atomic mass is 10.1. The predicted octanol–water partition coefficient (Wildman–Crippen LogP) is 2.83. The molecule has 0 unspecified atom stereocenters. The number of amides is 1. The molecule has 1 amide bonds. The molecule has 178 valence electrons. The highest BCUT2D eigenvalue weighted by Crippen LogP contribution is 2.24. The van der Waals surface area contributed by atoms with Crippen molar-refractivity contribution < 1.29 is 17.9 Å². The van der Waals surface area contributed by atoms with Crippen LogP contribution in [0, 0.1) is 5.92 Å². The molecule has 2 saturated heterocycles. The molecule has 1 N–H and O–H groups in total. The van der Waals surface area contributed by atoms with Crippen molar-refractivity contribution in [2.45, 2.75) is 11.3 Å². The van der Waals surface area contributed by atoms with Crippen molar-refractivity contribution in [2.75, 3.05) is 50.7 Å². The zero-order valence-corrected chi connectivity index (χ0v) is 19.7. The summed E-state index contributed by atoms with van der Waals surface area (Å²) in [6, 6.07) is 15.2. The van der Waals surface area contributed by atoms with Gasteiger partial charge in [-0.2, -0.15) is 0 Å². The van der Waals surface area contributed by atoms with Gasteiger partial charge in [0.05, 0.1) is 12.1 Å². The zero-order chi connectivity index (χ0) is 23.5. The number of rotatable bonds is 6. The highest BCUT2D eigenvalue weighted by atomic mass is 32.2. The Morgan fingerprint density at radius 3 is 2.53 bits per heavy atom. The van der Waals surface area contributed by atoms with E-state index in [0.717, 1.165) is 44.7 Å². The summed E-state index contributed by atoms with van der Waals surface area (Å²) in [6.45, 7) is 5.82. The average molecular weight is 481 g/mol. The highest BCUT2D eigenvalue weighted by Gasteiger charge is 2.25. The fourth-order valence-electron chi connectivity index (χ4n) is 4.59. The zero-order valence-electron chi connectivity index (χ0n) is 18.9. The normalized spacial score (nSPS) is 19.4. The van der Waals surface area contributed by atoms with Gasteiger partial charge in [-0.25, -0.2) is 8.42 Å². The van der Waals surface area contributed by atoms with E-state index in [1.54, 1.807) is 42.6 Å². The second-order valence-electron chi connectivity index (χ2n) is 8.84. The third-order valence-electron chi connectivity index (χ3n) is 6.47. The molecule has 5 rings (SSSR count). The minimum Gasteiger partial charge on any atom is -0.381 e. The Morgan fingerprint density at radius 1 is 1.03 bits per heavy atom. The number of aromatic nitrogens is 1. The molecule has 0 bridgehead atoms. The van der Waals surface area contributed by atoms with E-state index >= 15 is 0 Å². The van der Waals surface area contributed by atoms with Crippen LogP contribution in [0.4, 0.5) is 5.69 Å². The van der Waals surface area contributed by atoms with Crippen LogP contribution in [0.15, 0.2) is 65.7 Å². The molecule has 2 aliphatic rings. The molecular formula is C25H28N4O4S. The summed E-state index contributed by atoms with van der Waals surface area (Å²) in [7, 11) is -3.83. The van der Waals surface area contributed by atoms with Crippen molar-refractivity contribution in [2.24, 2.45) is 5.92 Å². The van der Waals surface area contributed by atoms with Gasteiger partial charge >= 0.3 is 0 Å². The Balaban J connectivity index is 1.22. The third kappa shape index (κ3) is 4.91. The van der Waals surface area contributed by atoms with Gasteiger partial charge < -0.3 is 9.64 Å². The Kier molecular flexibility index (Phi) is 6.49. The number of carbonyl (C=O) groups is 1. The summed E-state index contributed by atoms with van der Waals surface area (Å²) in [5.41, 5.74) is 1.37. The van der Waals surface area contributed by atoms with E-state index < -0.39 is 10.0 Å². The first-order chi connectivity index (χ1) is 16.5. The number of nitrogens with one attached hydrogen (secondary N) is 1.